The third kappa shape index (κ3) is 3.89. The second-order valence-electron chi connectivity index (χ2n) is 8.04. The minimum absolute atomic E-state index is 0.599. The summed E-state index contributed by atoms with van der Waals surface area (Å²) in [5, 5.41) is 1.20. The molecule has 1 aliphatic heterocycles. The van der Waals surface area contributed by atoms with E-state index in [2.05, 4.69) is 67.2 Å². The van der Waals surface area contributed by atoms with Crippen LogP contribution in [0, 0.1) is 6.92 Å². The SMILES string of the molecule is COc1ccc(-c2nc3cc(C)ccc3cc2CN(C)C2CCN(C)C2)cc1. The van der Waals surface area contributed by atoms with Crippen molar-refractivity contribution < 1.29 is 4.74 Å². The van der Waals surface area contributed by atoms with Crippen molar-refractivity contribution in [3.8, 4) is 17.0 Å². The second kappa shape index (κ2) is 7.90. The van der Waals surface area contributed by atoms with E-state index >= 15 is 0 Å². The number of aromatic nitrogens is 1. The van der Waals surface area contributed by atoms with Gasteiger partial charge >= 0.3 is 0 Å². The minimum atomic E-state index is 0.599. The van der Waals surface area contributed by atoms with E-state index in [9.17, 15) is 0 Å². The highest BCUT2D eigenvalue weighted by Gasteiger charge is 2.24. The van der Waals surface area contributed by atoms with Crippen molar-refractivity contribution in [2.45, 2.75) is 25.9 Å². The fraction of sp³-hybridized carbons (Fsp3) is 0.375. The van der Waals surface area contributed by atoms with Crippen LogP contribution in [0.3, 0.4) is 0 Å². The van der Waals surface area contributed by atoms with Gasteiger partial charge in [-0.1, -0.05) is 12.1 Å². The molecule has 1 aliphatic rings. The number of hydrogen-bond acceptors (Lipinski definition) is 4. The number of rotatable bonds is 5. The smallest absolute Gasteiger partial charge is 0.118 e. The molecule has 0 N–H and O–H groups in total. The first kappa shape index (κ1) is 18.9. The van der Waals surface area contributed by atoms with E-state index in [1.807, 2.05) is 12.1 Å². The van der Waals surface area contributed by atoms with Gasteiger partial charge in [0.2, 0.25) is 0 Å². The molecule has 28 heavy (non-hydrogen) atoms. The number of likely N-dealkylation sites (N-methyl/N-ethyl adjacent to an activating group) is 2. The van der Waals surface area contributed by atoms with Gasteiger partial charge in [-0.15, -0.1) is 0 Å². The molecule has 2 aromatic carbocycles. The molecular weight excluding hydrogens is 346 g/mol. The molecule has 4 rings (SSSR count). The Morgan fingerprint density at radius 2 is 1.93 bits per heavy atom. The molecule has 1 aromatic heterocycles. The van der Waals surface area contributed by atoms with Crippen molar-refractivity contribution in [2.75, 3.05) is 34.3 Å². The standard InChI is InChI=1S/C24H29N3O/c1-17-5-6-19-14-20(15-27(3)21-11-12-26(2)16-21)24(25-23(19)13-17)18-7-9-22(28-4)10-8-18/h5-10,13-14,21H,11-12,15-16H2,1-4H3. The lowest BCUT2D eigenvalue weighted by Gasteiger charge is -2.25. The summed E-state index contributed by atoms with van der Waals surface area (Å²) in [6, 6.07) is 17.7. The van der Waals surface area contributed by atoms with Crippen molar-refractivity contribution in [3.63, 3.8) is 0 Å². The molecule has 3 aromatic rings. The van der Waals surface area contributed by atoms with Crippen LogP contribution >= 0.6 is 0 Å². The topological polar surface area (TPSA) is 28.6 Å². The Morgan fingerprint density at radius 3 is 2.61 bits per heavy atom. The first-order valence-corrected chi connectivity index (χ1v) is 9.97. The van der Waals surface area contributed by atoms with E-state index in [4.69, 9.17) is 9.72 Å². The Kier molecular flexibility index (Phi) is 5.33. The Labute approximate surface area is 167 Å². The van der Waals surface area contributed by atoms with Crippen molar-refractivity contribution in [2.24, 2.45) is 0 Å². The highest BCUT2D eigenvalue weighted by Crippen LogP contribution is 2.29. The van der Waals surface area contributed by atoms with Gasteiger partial charge in [0, 0.05) is 30.1 Å². The fourth-order valence-electron chi connectivity index (χ4n) is 4.11. The zero-order valence-electron chi connectivity index (χ0n) is 17.3. The first-order chi connectivity index (χ1) is 13.5. The lowest BCUT2D eigenvalue weighted by atomic mass is 10.0. The fourth-order valence-corrected chi connectivity index (χ4v) is 4.11. The summed E-state index contributed by atoms with van der Waals surface area (Å²) < 4.78 is 5.33. The number of likely N-dealkylation sites (tertiary alicyclic amines) is 1. The van der Waals surface area contributed by atoms with E-state index in [1.54, 1.807) is 7.11 Å². The lowest BCUT2D eigenvalue weighted by molar-refractivity contribution is 0.234. The molecule has 1 atom stereocenters. The maximum Gasteiger partial charge on any atom is 0.118 e. The van der Waals surface area contributed by atoms with Gasteiger partial charge in [0.25, 0.3) is 0 Å². The number of ether oxygens (including phenoxy) is 1. The minimum Gasteiger partial charge on any atom is -0.497 e. The maximum atomic E-state index is 5.33. The predicted octanol–water partition coefficient (Wildman–Crippen LogP) is 4.35. The largest absolute Gasteiger partial charge is 0.497 e. The van der Waals surface area contributed by atoms with Crippen LogP contribution in [-0.4, -0.2) is 55.1 Å². The van der Waals surface area contributed by atoms with Crippen LogP contribution < -0.4 is 4.74 Å². The number of fused-ring (bicyclic) bond motifs is 1. The Hall–Kier alpha value is -2.43. The summed E-state index contributed by atoms with van der Waals surface area (Å²) in [6.07, 6.45) is 1.23. The number of aryl methyl sites for hydroxylation is 1. The van der Waals surface area contributed by atoms with Crippen LogP contribution in [0.5, 0.6) is 5.75 Å². The van der Waals surface area contributed by atoms with Gasteiger partial charge in [-0.25, -0.2) is 4.98 Å². The Morgan fingerprint density at radius 1 is 1.14 bits per heavy atom. The van der Waals surface area contributed by atoms with Crippen LogP contribution in [-0.2, 0) is 6.54 Å². The van der Waals surface area contributed by atoms with Gasteiger partial charge in [-0.2, -0.15) is 0 Å². The van der Waals surface area contributed by atoms with E-state index in [1.165, 1.54) is 29.5 Å². The Balaban J connectivity index is 1.74. The third-order valence-electron chi connectivity index (χ3n) is 5.83. The molecule has 0 aliphatic carbocycles. The van der Waals surface area contributed by atoms with Crippen molar-refractivity contribution >= 4 is 10.9 Å². The van der Waals surface area contributed by atoms with Crippen molar-refractivity contribution in [1.82, 2.24) is 14.8 Å². The molecule has 0 radical (unpaired) electrons. The van der Waals surface area contributed by atoms with Crippen LogP contribution in [0.1, 0.15) is 17.5 Å². The number of nitrogens with zero attached hydrogens (tertiary/aromatic N) is 3. The molecule has 0 spiro atoms. The average molecular weight is 376 g/mol. The van der Waals surface area contributed by atoms with E-state index in [0.29, 0.717) is 6.04 Å². The molecule has 0 saturated carbocycles. The van der Waals surface area contributed by atoms with Gasteiger partial charge in [0.1, 0.15) is 5.75 Å². The number of benzene rings is 2. The monoisotopic (exact) mass is 375 g/mol. The second-order valence-corrected chi connectivity index (χ2v) is 8.04. The van der Waals surface area contributed by atoms with Gasteiger partial charge < -0.3 is 9.64 Å². The number of hydrogen-bond donors (Lipinski definition) is 0. The molecule has 4 nitrogen and oxygen atoms in total. The summed E-state index contributed by atoms with van der Waals surface area (Å²) in [6.45, 7) is 5.33. The van der Waals surface area contributed by atoms with Gasteiger partial charge in [0.15, 0.2) is 0 Å². The molecule has 1 unspecified atom stereocenters. The van der Waals surface area contributed by atoms with Crippen molar-refractivity contribution in [1.29, 1.82) is 0 Å². The van der Waals surface area contributed by atoms with Gasteiger partial charge in [-0.3, -0.25) is 4.90 Å². The van der Waals surface area contributed by atoms with Crippen LogP contribution in [0.4, 0.5) is 0 Å². The van der Waals surface area contributed by atoms with Crippen LogP contribution in [0.15, 0.2) is 48.5 Å². The van der Waals surface area contributed by atoms with E-state index < -0.39 is 0 Å². The third-order valence-corrected chi connectivity index (χ3v) is 5.83. The molecule has 0 amide bonds. The predicted molar refractivity (Wildman–Crippen MR) is 116 cm³/mol. The van der Waals surface area contributed by atoms with Gasteiger partial charge in [0.05, 0.1) is 18.3 Å². The highest BCUT2D eigenvalue weighted by atomic mass is 16.5. The molecule has 1 saturated heterocycles. The summed E-state index contributed by atoms with van der Waals surface area (Å²) in [5.74, 6) is 0.869. The van der Waals surface area contributed by atoms with Crippen molar-refractivity contribution in [3.05, 3.63) is 59.7 Å². The lowest BCUT2D eigenvalue weighted by Crippen LogP contribution is -2.33. The van der Waals surface area contributed by atoms with Crippen LogP contribution in [0.25, 0.3) is 22.2 Å². The molecule has 146 valence electrons. The average Bonchev–Trinajstić information content (AvgIpc) is 3.14. The quantitative estimate of drug-likeness (QED) is 0.663. The molecule has 1 fully saturated rings. The normalized spacial score (nSPS) is 17.5. The first-order valence-electron chi connectivity index (χ1n) is 9.97. The molecular formula is C24H29N3O. The Bertz CT molecular complexity index is 967. The number of methoxy groups -OCH3 is 1. The summed E-state index contributed by atoms with van der Waals surface area (Å²) in [7, 11) is 6.14. The summed E-state index contributed by atoms with van der Waals surface area (Å²) >= 11 is 0. The van der Waals surface area contributed by atoms with E-state index in [-0.39, 0.29) is 0 Å². The zero-order chi connectivity index (χ0) is 19.7. The van der Waals surface area contributed by atoms with Gasteiger partial charge in [-0.05, 0) is 81.5 Å². The summed E-state index contributed by atoms with van der Waals surface area (Å²) in [4.78, 5) is 9.97. The molecule has 2 heterocycles. The van der Waals surface area contributed by atoms with Crippen LogP contribution in [0.2, 0.25) is 0 Å². The van der Waals surface area contributed by atoms with E-state index in [0.717, 1.165) is 35.6 Å². The molecule has 4 heteroatoms. The number of pyridine rings is 1. The maximum absolute atomic E-state index is 5.33. The highest BCUT2D eigenvalue weighted by molar-refractivity contribution is 5.84. The molecule has 0 bridgehead atoms. The zero-order valence-corrected chi connectivity index (χ0v) is 17.3. The summed E-state index contributed by atoms with van der Waals surface area (Å²) in [5.41, 5.74) is 5.77.